The molecule has 2 unspecified atom stereocenters. The predicted octanol–water partition coefficient (Wildman–Crippen LogP) is 2.26. The lowest BCUT2D eigenvalue weighted by Gasteiger charge is -2.38. The molecule has 17 heavy (non-hydrogen) atoms. The second-order valence-corrected chi connectivity index (χ2v) is 5.83. The summed E-state index contributed by atoms with van der Waals surface area (Å²) in [5, 5.41) is 9.27. The maximum Gasteiger partial charge on any atom is 0.410 e. The number of ether oxygens (including phenoxy) is 1. The molecule has 1 aliphatic heterocycles. The molecule has 0 bridgehead atoms. The molecule has 2 atom stereocenters. The summed E-state index contributed by atoms with van der Waals surface area (Å²) in [7, 11) is 0. The molecule has 0 aromatic rings. The lowest BCUT2D eigenvalue weighted by Crippen LogP contribution is -2.46. The molecule has 0 aromatic carbocycles. The fourth-order valence-corrected chi connectivity index (χ4v) is 2.28. The second-order valence-electron chi connectivity index (χ2n) is 5.83. The van der Waals surface area contributed by atoms with Gasteiger partial charge in [0.1, 0.15) is 5.60 Å². The highest BCUT2D eigenvalue weighted by molar-refractivity contribution is 5.68. The Balaban J connectivity index is 2.54. The number of aliphatic hydroxyl groups is 1. The van der Waals surface area contributed by atoms with Crippen LogP contribution in [0.4, 0.5) is 4.79 Å². The Morgan fingerprint density at radius 1 is 1.41 bits per heavy atom. The van der Waals surface area contributed by atoms with Gasteiger partial charge in [-0.3, -0.25) is 0 Å². The van der Waals surface area contributed by atoms with E-state index in [-0.39, 0.29) is 12.7 Å². The first-order chi connectivity index (χ1) is 7.87. The van der Waals surface area contributed by atoms with Crippen molar-refractivity contribution in [3.8, 4) is 0 Å². The molecule has 1 N–H and O–H groups in total. The Bertz CT molecular complexity index is 260. The molecule has 0 aliphatic carbocycles. The first-order valence-corrected chi connectivity index (χ1v) is 6.46. The van der Waals surface area contributed by atoms with Gasteiger partial charge in [0, 0.05) is 19.7 Å². The van der Waals surface area contributed by atoms with E-state index in [0.717, 1.165) is 12.8 Å². The van der Waals surface area contributed by atoms with E-state index in [1.807, 2.05) is 20.8 Å². The third-order valence-corrected chi connectivity index (χ3v) is 3.30. The lowest BCUT2D eigenvalue weighted by molar-refractivity contribution is 0.00450. The zero-order valence-corrected chi connectivity index (χ0v) is 11.4. The van der Waals surface area contributed by atoms with Gasteiger partial charge in [-0.15, -0.1) is 0 Å². The minimum atomic E-state index is -0.438. The van der Waals surface area contributed by atoms with Gasteiger partial charge in [0.15, 0.2) is 0 Å². The highest BCUT2D eigenvalue weighted by atomic mass is 16.6. The summed E-state index contributed by atoms with van der Waals surface area (Å²) in [6, 6.07) is 0. The first-order valence-electron chi connectivity index (χ1n) is 6.46. The Morgan fingerprint density at radius 3 is 2.53 bits per heavy atom. The van der Waals surface area contributed by atoms with Crippen molar-refractivity contribution < 1.29 is 14.6 Å². The van der Waals surface area contributed by atoms with Crippen LogP contribution in [0.5, 0.6) is 0 Å². The third-order valence-electron chi connectivity index (χ3n) is 3.30. The predicted molar refractivity (Wildman–Crippen MR) is 66.8 cm³/mol. The van der Waals surface area contributed by atoms with E-state index < -0.39 is 5.60 Å². The van der Waals surface area contributed by atoms with Gasteiger partial charge in [-0.25, -0.2) is 4.79 Å². The summed E-state index contributed by atoms with van der Waals surface area (Å²) in [6.45, 7) is 9.36. The largest absolute Gasteiger partial charge is 0.444 e. The van der Waals surface area contributed by atoms with Crippen LogP contribution < -0.4 is 0 Å². The summed E-state index contributed by atoms with van der Waals surface area (Å²) in [6.07, 6.45) is 1.63. The number of piperidine rings is 1. The number of nitrogens with zero attached hydrogens (tertiary/aromatic N) is 1. The molecule has 1 amide bonds. The molecule has 1 saturated heterocycles. The SMILES string of the molecule is CCC1CN(C(=O)OC(C)(C)C)CCC1CO. The quantitative estimate of drug-likeness (QED) is 0.809. The van der Waals surface area contributed by atoms with Crippen LogP contribution in [-0.2, 0) is 4.74 Å². The van der Waals surface area contributed by atoms with Gasteiger partial charge < -0.3 is 14.7 Å². The summed E-state index contributed by atoms with van der Waals surface area (Å²) < 4.78 is 5.36. The fraction of sp³-hybridized carbons (Fsp3) is 0.923. The van der Waals surface area contributed by atoms with Crippen molar-refractivity contribution in [3.63, 3.8) is 0 Å². The molecule has 1 aliphatic rings. The van der Waals surface area contributed by atoms with Crippen LogP contribution in [0.15, 0.2) is 0 Å². The van der Waals surface area contributed by atoms with E-state index in [9.17, 15) is 9.90 Å². The Morgan fingerprint density at radius 2 is 2.06 bits per heavy atom. The van der Waals surface area contributed by atoms with Crippen LogP contribution in [0.1, 0.15) is 40.5 Å². The number of amides is 1. The van der Waals surface area contributed by atoms with E-state index in [0.29, 0.717) is 24.9 Å². The normalized spacial score (nSPS) is 25.8. The summed E-state index contributed by atoms with van der Waals surface area (Å²) in [4.78, 5) is 13.7. The average molecular weight is 243 g/mol. The monoisotopic (exact) mass is 243 g/mol. The average Bonchev–Trinajstić information content (AvgIpc) is 2.25. The van der Waals surface area contributed by atoms with Crippen LogP contribution >= 0.6 is 0 Å². The van der Waals surface area contributed by atoms with Crippen LogP contribution in [0.3, 0.4) is 0 Å². The van der Waals surface area contributed by atoms with Gasteiger partial charge >= 0.3 is 6.09 Å². The Hall–Kier alpha value is -0.770. The number of rotatable bonds is 2. The van der Waals surface area contributed by atoms with Gasteiger partial charge in [-0.1, -0.05) is 13.3 Å². The van der Waals surface area contributed by atoms with E-state index >= 15 is 0 Å². The van der Waals surface area contributed by atoms with Crippen molar-refractivity contribution in [2.75, 3.05) is 19.7 Å². The molecule has 100 valence electrons. The van der Waals surface area contributed by atoms with Gasteiger partial charge in [0.25, 0.3) is 0 Å². The maximum absolute atomic E-state index is 11.9. The molecule has 0 radical (unpaired) electrons. The zero-order chi connectivity index (χ0) is 13.1. The standard InChI is InChI=1S/C13H25NO3/c1-5-10-8-14(7-6-11(10)9-15)12(16)17-13(2,3)4/h10-11,15H,5-9H2,1-4H3. The number of carbonyl (C=O) groups is 1. The topological polar surface area (TPSA) is 49.8 Å². The highest BCUT2D eigenvalue weighted by Gasteiger charge is 2.32. The second kappa shape index (κ2) is 5.71. The lowest BCUT2D eigenvalue weighted by atomic mass is 9.84. The van der Waals surface area contributed by atoms with Crippen molar-refractivity contribution in [2.45, 2.75) is 46.1 Å². The minimum Gasteiger partial charge on any atom is -0.444 e. The van der Waals surface area contributed by atoms with E-state index in [1.165, 1.54) is 0 Å². The highest BCUT2D eigenvalue weighted by Crippen LogP contribution is 2.26. The van der Waals surface area contributed by atoms with Crippen molar-refractivity contribution in [1.29, 1.82) is 0 Å². The molecule has 1 heterocycles. The number of hydrogen-bond acceptors (Lipinski definition) is 3. The molecular formula is C13H25NO3. The van der Waals surface area contributed by atoms with Crippen molar-refractivity contribution >= 4 is 6.09 Å². The molecule has 4 heteroatoms. The number of likely N-dealkylation sites (tertiary alicyclic amines) is 1. The fourth-order valence-electron chi connectivity index (χ4n) is 2.28. The summed E-state index contributed by atoms with van der Waals surface area (Å²) in [5.41, 5.74) is -0.438. The van der Waals surface area contributed by atoms with Crippen LogP contribution in [0.2, 0.25) is 0 Å². The van der Waals surface area contributed by atoms with Crippen molar-refractivity contribution in [1.82, 2.24) is 4.90 Å². The van der Waals surface area contributed by atoms with Crippen LogP contribution in [0.25, 0.3) is 0 Å². The molecule has 4 nitrogen and oxygen atoms in total. The summed E-state index contributed by atoms with van der Waals surface area (Å²) >= 11 is 0. The van der Waals surface area contributed by atoms with Crippen LogP contribution in [0, 0.1) is 11.8 Å². The maximum atomic E-state index is 11.9. The van der Waals surface area contributed by atoms with Gasteiger partial charge in [-0.2, -0.15) is 0 Å². The van der Waals surface area contributed by atoms with Gasteiger partial charge in [0.05, 0.1) is 0 Å². The summed E-state index contributed by atoms with van der Waals surface area (Å²) in [5.74, 6) is 0.722. The molecule has 0 saturated carbocycles. The van der Waals surface area contributed by atoms with Crippen LogP contribution in [-0.4, -0.2) is 41.4 Å². The zero-order valence-electron chi connectivity index (χ0n) is 11.4. The third kappa shape index (κ3) is 4.19. The Labute approximate surface area is 104 Å². The molecule has 1 fully saturated rings. The molecule has 0 spiro atoms. The number of carbonyl (C=O) groups excluding carboxylic acids is 1. The minimum absolute atomic E-state index is 0.223. The van der Waals surface area contributed by atoms with Crippen molar-refractivity contribution in [3.05, 3.63) is 0 Å². The molecule has 1 rings (SSSR count). The van der Waals surface area contributed by atoms with E-state index in [1.54, 1.807) is 4.90 Å². The number of aliphatic hydroxyl groups excluding tert-OH is 1. The first kappa shape index (κ1) is 14.3. The van der Waals surface area contributed by atoms with Crippen molar-refractivity contribution in [2.24, 2.45) is 11.8 Å². The smallest absolute Gasteiger partial charge is 0.410 e. The Kier molecular flexibility index (Phi) is 4.80. The van der Waals surface area contributed by atoms with E-state index in [4.69, 9.17) is 4.74 Å². The van der Waals surface area contributed by atoms with Gasteiger partial charge in [0.2, 0.25) is 0 Å². The molecule has 0 aromatic heterocycles. The van der Waals surface area contributed by atoms with E-state index in [2.05, 4.69) is 6.92 Å². The molecular weight excluding hydrogens is 218 g/mol. The van der Waals surface area contributed by atoms with Gasteiger partial charge in [-0.05, 0) is 39.0 Å². The number of hydrogen-bond donors (Lipinski definition) is 1.